The lowest BCUT2D eigenvalue weighted by molar-refractivity contribution is 0.225. The summed E-state index contributed by atoms with van der Waals surface area (Å²) >= 11 is 0. The molecule has 0 radical (unpaired) electrons. The summed E-state index contributed by atoms with van der Waals surface area (Å²) in [6.45, 7) is -0.131. The highest BCUT2D eigenvalue weighted by Crippen LogP contribution is 2.22. The van der Waals surface area contributed by atoms with E-state index in [0.29, 0.717) is 0 Å². The maximum atomic E-state index is 13.3. The zero-order chi connectivity index (χ0) is 15.4. The Bertz CT molecular complexity index is 652. The number of carbonyl (C=O) groups excluding carboxylic acids is 2. The second-order valence-corrected chi connectivity index (χ2v) is 4.20. The topological polar surface area (TPSA) is 88.8 Å². The van der Waals surface area contributed by atoms with E-state index < -0.39 is 17.9 Å². The predicted octanol–water partition coefficient (Wildman–Crippen LogP) is 1.33. The molecular weight excluding hydrogens is 277 g/mol. The highest BCUT2D eigenvalue weighted by atomic mass is 19.1. The van der Waals surface area contributed by atoms with Gasteiger partial charge in [-0.3, -0.25) is 0 Å². The quantitative estimate of drug-likeness (QED) is 0.833. The van der Waals surface area contributed by atoms with Crippen molar-refractivity contribution in [1.82, 2.24) is 10.2 Å². The largest absolute Gasteiger partial charge is 0.342 e. The number of nitrogens with zero attached hydrogens (tertiary/aromatic N) is 4. The van der Waals surface area contributed by atoms with Gasteiger partial charge in [0.25, 0.3) is 0 Å². The van der Waals surface area contributed by atoms with Crippen LogP contribution in [0.2, 0.25) is 0 Å². The zero-order valence-corrected chi connectivity index (χ0v) is 11.2. The Kier molecular flexibility index (Phi) is 4.13. The minimum Gasteiger partial charge on any atom is -0.339 e. The number of amidine groups is 1. The van der Waals surface area contributed by atoms with Crippen molar-refractivity contribution in [3.63, 3.8) is 0 Å². The van der Waals surface area contributed by atoms with Gasteiger partial charge in [0.05, 0.1) is 18.3 Å². The Hall–Kier alpha value is -2.95. The van der Waals surface area contributed by atoms with Gasteiger partial charge in [-0.25, -0.2) is 18.9 Å². The van der Waals surface area contributed by atoms with Gasteiger partial charge in [0.15, 0.2) is 0 Å². The van der Waals surface area contributed by atoms with Crippen molar-refractivity contribution in [3.05, 3.63) is 30.1 Å². The van der Waals surface area contributed by atoms with Crippen molar-refractivity contribution in [2.24, 2.45) is 4.99 Å². The van der Waals surface area contributed by atoms with Crippen LogP contribution in [0.15, 0.2) is 29.3 Å². The van der Waals surface area contributed by atoms with Crippen molar-refractivity contribution >= 4 is 23.6 Å². The second-order valence-electron chi connectivity index (χ2n) is 4.20. The molecule has 0 saturated carbocycles. The molecule has 4 amide bonds. The average Bonchev–Trinajstić information content (AvgIpc) is 2.75. The molecule has 21 heavy (non-hydrogen) atoms. The molecule has 0 spiro atoms. The van der Waals surface area contributed by atoms with E-state index in [9.17, 15) is 14.0 Å². The molecule has 0 bridgehead atoms. The van der Waals surface area contributed by atoms with Gasteiger partial charge >= 0.3 is 12.1 Å². The van der Waals surface area contributed by atoms with Crippen LogP contribution in [0, 0.1) is 17.1 Å². The molecule has 0 aliphatic carbocycles. The van der Waals surface area contributed by atoms with Crippen molar-refractivity contribution in [2.45, 2.75) is 0 Å². The van der Waals surface area contributed by atoms with Gasteiger partial charge in [-0.2, -0.15) is 10.3 Å². The Labute approximate surface area is 120 Å². The van der Waals surface area contributed by atoms with Gasteiger partial charge in [0, 0.05) is 7.05 Å². The molecule has 0 atom stereocenters. The molecule has 1 aromatic rings. The van der Waals surface area contributed by atoms with Gasteiger partial charge in [-0.05, 0) is 18.2 Å². The third-order valence-electron chi connectivity index (χ3n) is 2.82. The van der Waals surface area contributed by atoms with Crippen LogP contribution in [0.25, 0.3) is 0 Å². The summed E-state index contributed by atoms with van der Waals surface area (Å²) in [5.74, 6) is -0.376. The van der Waals surface area contributed by atoms with E-state index in [1.807, 2.05) is 6.07 Å². The minimum atomic E-state index is -0.627. The Morgan fingerprint density at radius 3 is 2.95 bits per heavy atom. The van der Waals surface area contributed by atoms with Gasteiger partial charge in [0.1, 0.15) is 18.2 Å². The number of nitrogens with one attached hydrogen (secondary N) is 1. The number of hydrogen-bond acceptors (Lipinski definition) is 3. The Balaban J connectivity index is 2.42. The molecule has 0 unspecified atom stereocenters. The molecule has 1 heterocycles. The molecule has 2 rings (SSSR count). The number of urea groups is 2. The molecule has 108 valence electrons. The van der Waals surface area contributed by atoms with Gasteiger partial charge < -0.3 is 10.2 Å². The first-order chi connectivity index (χ1) is 10.1. The molecule has 8 heteroatoms. The minimum absolute atomic E-state index is 0.0102. The lowest BCUT2D eigenvalue weighted by Gasteiger charge is -2.16. The van der Waals surface area contributed by atoms with Crippen LogP contribution in [-0.4, -0.2) is 42.9 Å². The van der Waals surface area contributed by atoms with E-state index in [-0.39, 0.29) is 24.6 Å². The number of amides is 4. The first kappa shape index (κ1) is 14.5. The second kappa shape index (κ2) is 6.00. The number of nitriles is 1. The summed E-state index contributed by atoms with van der Waals surface area (Å²) in [5.41, 5.74) is 0.253. The van der Waals surface area contributed by atoms with Crippen molar-refractivity contribution < 1.29 is 14.0 Å². The summed E-state index contributed by atoms with van der Waals surface area (Å²) < 4.78 is 13.3. The van der Waals surface area contributed by atoms with E-state index >= 15 is 0 Å². The van der Waals surface area contributed by atoms with Crippen LogP contribution >= 0.6 is 0 Å². The molecule has 1 aliphatic rings. The summed E-state index contributed by atoms with van der Waals surface area (Å²) in [7, 11) is 1.41. The molecule has 1 aliphatic heterocycles. The first-order valence-corrected chi connectivity index (χ1v) is 6.07. The summed E-state index contributed by atoms with van der Waals surface area (Å²) in [6.07, 6.45) is 0. The van der Waals surface area contributed by atoms with Crippen LogP contribution < -0.4 is 10.2 Å². The number of halogens is 1. The third kappa shape index (κ3) is 2.97. The molecule has 1 N–H and O–H groups in total. The molecule has 7 nitrogen and oxygen atoms in total. The van der Waals surface area contributed by atoms with Gasteiger partial charge in [-0.15, -0.1) is 0 Å². The van der Waals surface area contributed by atoms with E-state index in [1.165, 1.54) is 30.1 Å². The van der Waals surface area contributed by atoms with E-state index in [0.717, 1.165) is 11.0 Å². The van der Waals surface area contributed by atoms with E-state index in [4.69, 9.17) is 5.26 Å². The fourth-order valence-corrected chi connectivity index (χ4v) is 1.90. The highest BCUT2D eigenvalue weighted by molar-refractivity contribution is 6.23. The van der Waals surface area contributed by atoms with Crippen LogP contribution in [-0.2, 0) is 0 Å². The van der Waals surface area contributed by atoms with Crippen LogP contribution in [0.4, 0.5) is 19.7 Å². The Morgan fingerprint density at radius 1 is 1.57 bits per heavy atom. The normalized spacial score (nSPS) is 16.2. The average molecular weight is 289 g/mol. The fraction of sp³-hybridized carbons (Fsp3) is 0.231. The molecular formula is C13H12FN5O2. The molecule has 1 aromatic carbocycles. The number of aliphatic imine (C=N–C) groups is 1. The van der Waals surface area contributed by atoms with E-state index in [2.05, 4.69) is 10.3 Å². The van der Waals surface area contributed by atoms with Gasteiger partial charge in [0.2, 0.25) is 0 Å². The van der Waals surface area contributed by atoms with E-state index in [1.54, 1.807) is 0 Å². The number of hydrogen-bond donors (Lipinski definition) is 1. The predicted molar refractivity (Wildman–Crippen MR) is 73.4 cm³/mol. The Morgan fingerprint density at radius 2 is 2.33 bits per heavy atom. The van der Waals surface area contributed by atoms with Crippen molar-refractivity contribution in [3.8, 4) is 6.07 Å². The van der Waals surface area contributed by atoms with Crippen molar-refractivity contribution in [2.75, 3.05) is 25.0 Å². The lowest BCUT2D eigenvalue weighted by Crippen LogP contribution is -2.34. The smallest absolute Gasteiger partial charge is 0.339 e. The summed E-state index contributed by atoms with van der Waals surface area (Å²) in [4.78, 5) is 29.7. The molecule has 1 fully saturated rings. The number of anilines is 1. The number of benzene rings is 1. The van der Waals surface area contributed by atoms with Gasteiger partial charge in [-0.1, -0.05) is 6.07 Å². The monoisotopic (exact) mass is 289 g/mol. The van der Waals surface area contributed by atoms with Crippen LogP contribution in [0.3, 0.4) is 0 Å². The SMILES string of the molecule is CNC(=O)/N=C1\CN(CC#N)C(=O)N1c1cccc(F)c1. The highest BCUT2D eigenvalue weighted by Gasteiger charge is 2.35. The van der Waals surface area contributed by atoms with Crippen LogP contribution in [0.1, 0.15) is 0 Å². The van der Waals surface area contributed by atoms with Crippen LogP contribution in [0.5, 0.6) is 0 Å². The number of rotatable bonds is 2. The maximum absolute atomic E-state index is 13.3. The first-order valence-electron chi connectivity index (χ1n) is 6.07. The van der Waals surface area contributed by atoms with Crippen molar-refractivity contribution in [1.29, 1.82) is 5.26 Å². The zero-order valence-electron chi connectivity index (χ0n) is 11.2. The molecule has 0 aromatic heterocycles. The summed E-state index contributed by atoms with van der Waals surface area (Å²) in [5, 5.41) is 11.0. The third-order valence-corrected chi connectivity index (χ3v) is 2.82. The fourth-order valence-electron chi connectivity index (χ4n) is 1.90. The maximum Gasteiger partial charge on any atom is 0.342 e. The lowest BCUT2D eigenvalue weighted by atomic mass is 10.3. The summed E-state index contributed by atoms with van der Waals surface area (Å²) in [6, 6.07) is 6.08. The number of carbonyl (C=O) groups is 2. The standard InChI is InChI=1S/C13H12FN5O2/c1-16-12(20)17-11-8-18(6-5-15)13(21)19(11)10-4-2-3-9(14)7-10/h2-4,7H,6,8H2,1H3,(H,16,20)/b17-11+. The molecule has 1 saturated heterocycles.